The van der Waals surface area contributed by atoms with Crippen LogP contribution in [0.1, 0.15) is 24.0 Å². The fourth-order valence-electron chi connectivity index (χ4n) is 5.33. The quantitative estimate of drug-likeness (QED) is 0.146. The number of rotatable bonds is 10. The molecule has 6 rings (SSSR count). The van der Waals surface area contributed by atoms with Gasteiger partial charge >= 0.3 is 6.16 Å². The maximum absolute atomic E-state index is 13.5. The second-order valence-electron chi connectivity index (χ2n) is 10.6. The number of carbonyl (C=O) groups excluding carboxylic acids is 1. The van der Waals surface area contributed by atoms with E-state index in [-0.39, 0.29) is 25.3 Å². The molecule has 0 saturated carbocycles. The zero-order valence-corrected chi connectivity index (χ0v) is 24.4. The number of piperidine rings is 1. The van der Waals surface area contributed by atoms with E-state index in [1.807, 2.05) is 67.7 Å². The number of aromatic nitrogens is 4. The molecule has 0 N–H and O–H groups in total. The molecule has 1 aliphatic heterocycles. The van der Waals surface area contributed by atoms with Crippen LogP contribution < -0.4 is 14.5 Å². The van der Waals surface area contributed by atoms with Crippen LogP contribution in [-0.2, 0) is 22.6 Å². The van der Waals surface area contributed by atoms with Gasteiger partial charge in [0.05, 0.1) is 17.6 Å². The molecule has 5 aromatic rings. The van der Waals surface area contributed by atoms with Gasteiger partial charge in [0.15, 0.2) is 0 Å². The number of imidazole rings is 1. The summed E-state index contributed by atoms with van der Waals surface area (Å²) in [5.41, 5.74) is 3.86. The molecule has 0 spiro atoms. The molecule has 226 valence electrons. The van der Waals surface area contributed by atoms with Crippen LogP contribution in [-0.4, -0.2) is 58.6 Å². The molecule has 3 aromatic carbocycles. The molecule has 3 heterocycles. The van der Waals surface area contributed by atoms with E-state index >= 15 is 0 Å². The van der Waals surface area contributed by atoms with E-state index in [2.05, 4.69) is 30.4 Å². The Hall–Kier alpha value is -5.19. The van der Waals surface area contributed by atoms with Gasteiger partial charge in [0.1, 0.15) is 12.4 Å². The average molecular weight is 597 g/mol. The maximum Gasteiger partial charge on any atom is 0.511 e. The summed E-state index contributed by atoms with van der Waals surface area (Å²) < 4.78 is 31.4. The monoisotopic (exact) mass is 596 g/mol. The molecule has 1 fully saturated rings. The lowest BCUT2D eigenvalue weighted by Gasteiger charge is -2.37. The minimum atomic E-state index is -0.821. The predicted molar refractivity (Wildman–Crippen MR) is 164 cm³/mol. The van der Waals surface area contributed by atoms with E-state index in [9.17, 15) is 9.18 Å². The van der Waals surface area contributed by atoms with Crippen molar-refractivity contribution in [2.75, 3.05) is 36.7 Å². The lowest BCUT2D eigenvalue weighted by molar-refractivity contribution is -0.000352. The number of hydrogen-bond donors (Lipinski definition) is 0. The van der Waals surface area contributed by atoms with Gasteiger partial charge in [-0.15, -0.1) is 0 Å². The van der Waals surface area contributed by atoms with E-state index in [0.717, 1.165) is 54.0 Å². The van der Waals surface area contributed by atoms with Gasteiger partial charge in [-0.25, -0.2) is 19.2 Å². The van der Waals surface area contributed by atoms with Crippen molar-refractivity contribution in [3.63, 3.8) is 0 Å². The zero-order valence-electron chi connectivity index (χ0n) is 24.4. The van der Waals surface area contributed by atoms with Gasteiger partial charge in [-0.1, -0.05) is 54.6 Å². The Balaban J connectivity index is 1.04. The highest BCUT2D eigenvalue weighted by Gasteiger charge is 2.27. The van der Waals surface area contributed by atoms with Crippen LogP contribution in [0.3, 0.4) is 0 Å². The lowest BCUT2D eigenvalue weighted by atomic mass is 10.0. The number of hydrogen-bond acceptors (Lipinski definition) is 9. The van der Waals surface area contributed by atoms with Crippen molar-refractivity contribution in [1.29, 1.82) is 0 Å². The molecular weight excluding hydrogens is 563 g/mol. The van der Waals surface area contributed by atoms with Gasteiger partial charge in [-0.2, -0.15) is 4.98 Å². The Kier molecular flexibility index (Phi) is 8.81. The topological polar surface area (TPSA) is 94.8 Å². The molecule has 44 heavy (non-hydrogen) atoms. The van der Waals surface area contributed by atoms with Crippen molar-refractivity contribution in [3.05, 3.63) is 108 Å². The molecule has 0 atom stereocenters. The molecule has 11 heteroatoms. The van der Waals surface area contributed by atoms with Crippen molar-refractivity contribution >= 4 is 29.1 Å². The van der Waals surface area contributed by atoms with Gasteiger partial charge < -0.3 is 28.6 Å². The molecule has 0 radical (unpaired) electrons. The van der Waals surface area contributed by atoms with Crippen molar-refractivity contribution in [3.8, 4) is 5.88 Å². The molecule has 10 nitrogen and oxygen atoms in total. The second kappa shape index (κ2) is 13.4. The van der Waals surface area contributed by atoms with Crippen molar-refractivity contribution in [2.45, 2.75) is 32.0 Å². The molecule has 1 saturated heterocycles. The fourth-order valence-corrected chi connectivity index (χ4v) is 5.33. The molecule has 2 aromatic heterocycles. The minimum absolute atomic E-state index is 0.119. The predicted octanol–water partition coefficient (Wildman–Crippen LogP) is 5.81. The minimum Gasteiger partial charge on any atom is -0.440 e. The molecule has 0 unspecified atom stereocenters. The number of para-hydroxylation sites is 2. The molecule has 1 aliphatic rings. The van der Waals surface area contributed by atoms with Crippen molar-refractivity contribution in [1.82, 2.24) is 19.5 Å². The third-order valence-corrected chi connectivity index (χ3v) is 7.70. The Morgan fingerprint density at radius 1 is 0.909 bits per heavy atom. The van der Waals surface area contributed by atoms with E-state index in [1.54, 1.807) is 12.3 Å². The van der Waals surface area contributed by atoms with Crippen LogP contribution in [0.4, 0.5) is 21.1 Å². The highest BCUT2D eigenvalue weighted by molar-refractivity contribution is 5.79. The SMILES string of the molecule is CN(c1nccc(OCOC(=O)OCc2ccccc2)n1)C1CCN(c2nc3ccccc3n2Cc2ccc(F)cc2)CC1. The van der Waals surface area contributed by atoms with Crippen LogP contribution in [0, 0.1) is 5.82 Å². The number of anilines is 2. The molecule has 0 aliphatic carbocycles. The summed E-state index contributed by atoms with van der Waals surface area (Å²) in [4.78, 5) is 30.2. The van der Waals surface area contributed by atoms with Crippen LogP contribution in [0.25, 0.3) is 11.0 Å². The van der Waals surface area contributed by atoms with Gasteiger partial charge in [0.2, 0.25) is 24.6 Å². The maximum atomic E-state index is 13.5. The summed E-state index contributed by atoms with van der Waals surface area (Å²) in [7, 11) is 1.97. The third kappa shape index (κ3) is 6.88. The number of carbonyl (C=O) groups is 1. The summed E-state index contributed by atoms with van der Waals surface area (Å²) in [6, 6.07) is 25.9. The second-order valence-corrected chi connectivity index (χ2v) is 10.6. The number of benzene rings is 3. The smallest absolute Gasteiger partial charge is 0.440 e. The van der Waals surface area contributed by atoms with E-state index < -0.39 is 6.16 Å². The first kappa shape index (κ1) is 28.9. The summed E-state index contributed by atoms with van der Waals surface area (Å²) in [6.07, 6.45) is 2.55. The lowest BCUT2D eigenvalue weighted by Crippen LogP contribution is -2.44. The first-order valence-electron chi connectivity index (χ1n) is 14.5. The Morgan fingerprint density at radius 3 is 2.45 bits per heavy atom. The normalized spacial score (nSPS) is 13.5. The van der Waals surface area contributed by atoms with Gasteiger partial charge in [0, 0.05) is 38.4 Å². The van der Waals surface area contributed by atoms with Crippen LogP contribution in [0.2, 0.25) is 0 Å². The van der Waals surface area contributed by atoms with Crippen LogP contribution in [0.5, 0.6) is 5.88 Å². The zero-order chi connectivity index (χ0) is 30.3. The highest BCUT2D eigenvalue weighted by atomic mass is 19.1. The van der Waals surface area contributed by atoms with Crippen molar-refractivity contribution < 1.29 is 23.4 Å². The Bertz CT molecular complexity index is 1690. The Labute approximate surface area is 254 Å². The largest absolute Gasteiger partial charge is 0.511 e. The third-order valence-electron chi connectivity index (χ3n) is 7.70. The first-order valence-corrected chi connectivity index (χ1v) is 14.5. The van der Waals surface area contributed by atoms with Gasteiger partial charge in [0.25, 0.3) is 0 Å². The van der Waals surface area contributed by atoms with Crippen molar-refractivity contribution in [2.24, 2.45) is 0 Å². The Morgan fingerprint density at radius 2 is 1.66 bits per heavy atom. The van der Waals surface area contributed by atoms with Crippen LogP contribution in [0.15, 0.2) is 91.1 Å². The number of halogens is 1. The fraction of sp³-hybridized carbons (Fsp3) is 0.273. The summed E-state index contributed by atoms with van der Waals surface area (Å²) >= 11 is 0. The summed E-state index contributed by atoms with van der Waals surface area (Å²) in [6.45, 7) is 2.00. The molecule has 0 amide bonds. The molecule has 0 bridgehead atoms. The van der Waals surface area contributed by atoms with E-state index in [1.165, 1.54) is 12.1 Å². The highest BCUT2D eigenvalue weighted by Crippen LogP contribution is 2.28. The summed E-state index contributed by atoms with van der Waals surface area (Å²) in [5.74, 6) is 1.48. The van der Waals surface area contributed by atoms with E-state index in [0.29, 0.717) is 18.4 Å². The van der Waals surface area contributed by atoms with Crippen LogP contribution >= 0.6 is 0 Å². The van der Waals surface area contributed by atoms with Gasteiger partial charge in [-0.3, -0.25) is 0 Å². The standard InChI is InChI=1S/C33H33FN6O4/c1-38(31-35-18-15-30(37-31)43-23-44-33(41)42-22-25-7-3-2-4-8-25)27-16-19-39(20-17-27)32-36-28-9-5-6-10-29(28)40(32)21-24-11-13-26(34)14-12-24/h2-15,18,27H,16-17,19-23H2,1H3. The summed E-state index contributed by atoms with van der Waals surface area (Å²) in [5, 5.41) is 0. The van der Waals surface area contributed by atoms with Gasteiger partial charge in [-0.05, 0) is 48.2 Å². The number of ether oxygens (including phenoxy) is 3. The average Bonchev–Trinajstić information content (AvgIpc) is 3.43. The number of nitrogens with zero attached hydrogens (tertiary/aromatic N) is 6. The number of fused-ring (bicyclic) bond motifs is 1. The molecular formula is C33H33FN6O4. The van der Waals surface area contributed by atoms with E-state index in [4.69, 9.17) is 19.2 Å². The first-order chi connectivity index (χ1) is 21.5.